The van der Waals surface area contributed by atoms with Crippen LogP contribution in [0.4, 0.5) is 4.79 Å². The monoisotopic (exact) mass is 367 g/mol. The predicted octanol–water partition coefficient (Wildman–Crippen LogP) is 2.67. The smallest absolute Gasteiger partial charge is 0.410 e. The zero-order valence-corrected chi connectivity index (χ0v) is 15.6. The molecule has 3 heterocycles. The Labute approximate surface area is 156 Å². The summed E-state index contributed by atoms with van der Waals surface area (Å²) in [6.07, 6.45) is 0.296. The molecule has 1 fully saturated rings. The van der Waals surface area contributed by atoms with Crippen molar-refractivity contribution in [2.45, 2.75) is 44.9 Å². The van der Waals surface area contributed by atoms with E-state index in [9.17, 15) is 10.1 Å². The summed E-state index contributed by atoms with van der Waals surface area (Å²) >= 11 is 0. The molecule has 0 saturated carbocycles. The van der Waals surface area contributed by atoms with Gasteiger partial charge in [-0.1, -0.05) is 17.3 Å². The number of ether oxygens (including phenoxy) is 1. The van der Waals surface area contributed by atoms with Crippen LogP contribution in [0.3, 0.4) is 0 Å². The van der Waals surface area contributed by atoms with Gasteiger partial charge in [-0.05, 0) is 32.9 Å². The molecule has 1 saturated heterocycles. The molecule has 0 N–H and O–H groups in total. The van der Waals surface area contributed by atoms with E-state index < -0.39 is 11.2 Å². The number of rotatable bonds is 2. The van der Waals surface area contributed by atoms with Crippen LogP contribution in [0.25, 0.3) is 10.9 Å². The average Bonchev–Trinajstić information content (AvgIpc) is 3.14. The largest absolute Gasteiger partial charge is 0.444 e. The van der Waals surface area contributed by atoms with Crippen LogP contribution in [0.2, 0.25) is 0 Å². The van der Waals surface area contributed by atoms with Crippen molar-refractivity contribution >= 4 is 22.7 Å². The number of carbonyl (C=O) groups excluding carboxylic acids is 1. The van der Waals surface area contributed by atoms with Crippen LogP contribution < -0.4 is 0 Å². The molecule has 2 aliphatic rings. The first-order chi connectivity index (χ1) is 12.8. The van der Waals surface area contributed by atoms with Crippen molar-refractivity contribution in [2.75, 3.05) is 13.1 Å². The number of amides is 1. The van der Waals surface area contributed by atoms with Crippen molar-refractivity contribution in [1.82, 2.24) is 14.7 Å². The van der Waals surface area contributed by atoms with Crippen LogP contribution in [0.15, 0.2) is 29.4 Å². The first-order valence-electron chi connectivity index (χ1n) is 8.86. The minimum Gasteiger partial charge on any atom is -0.444 e. The molecule has 140 valence electrons. The van der Waals surface area contributed by atoms with Gasteiger partial charge in [0.2, 0.25) is 0 Å². The minimum atomic E-state index is -0.516. The predicted molar refractivity (Wildman–Crippen MR) is 98.1 cm³/mol. The Balaban J connectivity index is 1.41. The molecule has 1 aromatic heterocycles. The summed E-state index contributed by atoms with van der Waals surface area (Å²) in [5, 5.41) is 18.7. The lowest BCUT2D eigenvalue weighted by molar-refractivity contribution is -0.122. The molecule has 1 amide bonds. The summed E-state index contributed by atoms with van der Waals surface area (Å²) < 4.78 is 7.16. The maximum Gasteiger partial charge on any atom is 0.410 e. The first-order valence-corrected chi connectivity index (χ1v) is 8.86. The topological polar surface area (TPSA) is 92.7 Å². The van der Waals surface area contributed by atoms with Gasteiger partial charge in [-0.15, -0.1) is 0 Å². The van der Waals surface area contributed by atoms with E-state index in [2.05, 4.69) is 16.3 Å². The maximum atomic E-state index is 12.1. The third-order valence-corrected chi connectivity index (χ3v) is 4.60. The number of likely N-dealkylation sites (tertiary alicyclic amines) is 1. The molecule has 8 nitrogen and oxygen atoms in total. The highest BCUT2D eigenvalue weighted by Gasteiger charge is 2.52. The molecule has 4 rings (SSSR count). The summed E-state index contributed by atoms with van der Waals surface area (Å²) in [5.41, 5.74) is 1.16. The number of fused-ring (bicyclic) bond motifs is 1. The highest BCUT2D eigenvalue weighted by Crippen LogP contribution is 2.35. The van der Waals surface area contributed by atoms with Gasteiger partial charge in [0.05, 0.1) is 30.9 Å². The van der Waals surface area contributed by atoms with Crippen molar-refractivity contribution < 1.29 is 14.4 Å². The zero-order chi connectivity index (χ0) is 19.2. The third kappa shape index (κ3) is 3.21. The van der Waals surface area contributed by atoms with Crippen molar-refractivity contribution in [3.8, 4) is 6.07 Å². The lowest BCUT2D eigenvalue weighted by Crippen LogP contribution is -2.64. The molecule has 0 unspecified atom stereocenters. The fourth-order valence-electron chi connectivity index (χ4n) is 3.46. The Kier molecular flexibility index (Phi) is 3.84. The van der Waals surface area contributed by atoms with Gasteiger partial charge in [0.1, 0.15) is 11.7 Å². The number of hydrogen-bond donors (Lipinski definition) is 0. The van der Waals surface area contributed by atoms with Gasteiger partial charge >= 0.3 is 6.09 Å². The van der Waals surface area contributed by atoms with Crippen LogP contribution in [-0.4, -0.2) is 50.8 Å². The number of nitriles is 1. The van der Waals surface area contributed by atoms with Crippen LogP contribution in [0, 0.1) is 11.3 Å². The number of benzene rings is 1. The molecule has 1 aromatic carbocycles. The van der Waals surface area contributed by atoms with Gasteiger partial charge in [-0.2, -0.15) is 10.4 Å². The van der Waals surface area contributed by atoms with Crippen LogP contribution >= 0.6 is 0 Å². The molecule has 0 radical (unpaired) electrons. The summed E-state index contributed by atoms with van der Waals surface area (Å²) in [5.74, 6) is 0. The van der Waals surface area contributed by atoms with E-state index in [1.165, 1.54) is 0 Å². The van der Waals surface area contributed by atoms with Gasteiger partial charge in [-0.3, -0.25) is 9.58 Å². The molecule has 8 heteroatoms. The fraction of sp³-hybridized carbons (Fsp3) is 0.474. The van der Waals surface area contributed by atoms with Gasteiger partial charge < -0.3 is 9.57 Å². The molecular formula is C19H21N5O3. The number of para-hydroxylation sites is 1. The molecule has 0 bridgehead atoms. The Bertz CT molecular complexity index is 973. The average molecular weight is 367 g/mol. The van der Waals surface area contributed by atoms with Crippen molar-refractivity contribution in [3.05, 3.63) is 30.0 Å². The van der Waals surface area contributed by atoms with Gasteiger partial charge in [0.15, 0.2) is 11.3 Å². The van der Waals surface area contributed by atoms with Gasteiger partial charge in [0, 0.05) is 11.8 Å². The summed E-state index contributed by atoms with van der Waals surface area (Å²) in [7, 11) is 0. The number of oxime groups is 1. The molecule has 0 aliphatic carbocycles. The van der Waals surface area contributed by atoms with Gasteiger partial charge in [-0.25, -0.2) is 4.79 Å². The van der Waals surface area contributed by atoms with E-state index in [1.54, 1.807) is 9.58 Å². The number of hydrogen-bond acceptors (Lipinski definition) is 6. The van der Waals surface area contributed by atoms with Crippen molar-refractivity contribution in [3.63, 3.8) is 0 Å². The second-order valence-corrected chi connectivity index (χ2v) is 8.08. The normalized spacial score (nSPS) is 18.0. The maximum absolute atomic E-state index is 12.1. The van der Waals surface area contributed by atoms with Crippen LogP contribution in [-0.2, 0) is 16.1 Å². The minimum absolute atomic E-state index is 0.332. The number of nitrogens with zero attached hydrogens (tertiary/aromatic N) is 5. The van der Waals surface area contributed by atoms with E-state index in [0.717, 1.165) is 16.6 Å². The van der Waals surface area contributed by atoms with Crippen LogP contribution in [0.1, 0.15) is 32.9 Å². The quantitative estimate of drug-likeness (QED) is 0.813. The number of carbonyl (C=O) groups is 1. The second kappa shape index (κ2) is 5.98. The summed E-state index contributed by atoms with van der Waals surface area (Å²) in [6, 6.07) is 9.75. The molecule has 1 spiro atoms. The lowest BCUT2D eigenvalue weighted by Gasteiger charge is -2.45. The fourth-order valence-corrected chi connectivity index (χ4v) is 3.46. The highest BCUT2D eigenvalue weighted by atomic mass is 16.7. The Hall–Kier alpha value is -3.08. The van der Waals surface area contributed by atoms with E-state index in [4.69, 9.17) is 9.57 Å². The number of aromatic nitrogens is 2. The molecule has 0 atom stereocenters. The van der Waals surface area contributed by atoms with Crippen LogP contribution in [0.5, 0.6) is 0 Å². The van der Waals surface area contributed by atoms with E-state index in [1.807, 2.05) is 45.0 Å². The Morgan fingerprint density at radius 2 is 2.11 bits per heavy atom. The Morgan fingerprint density at radius 3 is 2.81 bits per heavy atom. The molecule has 2 aromatic rings. The third-order valence-electron chi connectivity index (χ3n) is 4.60. The summed E-state index contributed by atoms with van der Waals surface area (Å²) in [6.45, 7) is 6.90. The summed E-state index contributed by atoms with van der Waals surface area (Å²) in [4.78, 5) is 19.4. The van der Waals surface area contributed by atoms with E-state index >= 15 is 0 Å². The first kappa shape index (κ1) is 17.3. The SMILES string of the molecule is CC(C)(C)OC(=O)N1CC2(CC(Cn3nc(C#N)c4ccccc43)=NO2)C1. The molecule has 27 heavy (non-hydrogen) atoms. The van der Waals surface area contributed by atoms with E-state index in [0.29, 0.717) is 31.7 Å². The highest BCUT2D eigenvalue weighted by molar-refractivity contribution is 5.89. The van der Waals surface area contributed by atoms with Crippen molar-refractivity contribution in [1.29, 1.82) is 5.26 Å². The standard InChI is InChI=1S/C19H21N5O3/c1-18(2,3)26-17(25)23-11-19(12-23)8-13(22-27-19)10-24-16-7-5-4-6-14(16)15(9-20)21-24/h4-7H,8,10-12H2,1-3H3. The van der Waals surface area contributed by atoms with Crippen molar-refractivity contribution in [2.24, 2.45) is 5.16 Å². The molecular weight excluding hydrogens is 346 g/mol. The lowest BCUT2D eigenvalue weighted by atomic mass is 9.89. The van der Waals surface area contributed by atoms with Gasteiger partial charge in [0.25, 0.3) is 0 Å². The second-order valence-electron chi connectivity index (χ2n) is 8.08. The molecule has 2 aliphatic heterocycles. The Morgan fingerprint density at radius 1 is 1.37 bits per heavy atom. The van der Waals surface area contributed by atoms with E-state index in [-0.39, 0.29) is 6.09 Å². The zero-order valence-electron chi connectivity index (χ0n) is 15.6.